The predicted molar refractivity (Wildman–Crippen MR) is 102 cm³/mol. The Morgan fingerprint density at radius 3 is 1.38 bits per heavy atom. The Balaban J connectivity index is -0.000000461. The van der Waals surface area contributed by atoms with Crippen molar-refractivity contribution in [2.75, 3.05) is 13.1 Å². The summed E-state index contributed by atoms with van der Waals surface area (Å²) in [4.78, 5) is 2.62. The van der Waals surface area contributed by atoms with E-state index in [2.05, 4.69) is 67.2 Å². The van der Waals surface area contributed by atoms with E-state index in [4.69, 9.17) is 0 Å². The Bertz CT molecular complexity index is 192. The molecule has 0 aromatic carbocycles. The van der Waals surface area contributed by atoms with Crippen molar-refractivity contribution in [3.05, 3.63) is 0 Å². The van der Waals surface area contributed by atoms with E-state index in [0.717, 1.165) is 0 Å². The molecule has 0 spiro atoms. The summed E-state index contributed by atoms with van der Waals surface area (Å²) in [5, 5.41) is 0. The lowest BCUT2D eigenvalue weighted by Crippen LogP contribution is -2.46. The Morgan fingerprint density at radius 2 is 1.14 bits per heavy atom. The van der Waals surface area contributed by atoms with Gasteiger partial charge in [0.2, 0.25) is 0 Å². The third-order valence-corrected chi connectivity index (χ3v) is 4.10. The summed E-state index contributed by atoms with van der Waals surface area (Å²) in [5.74, 6) is 0. The van der Waals surface area contributed by atoms with Crippen molar-refractivity contribution in [2.45, 2.75) is 114 Å². The van der Waals surface area contributed by atoms with Gasteiger partial charge in [0.05, 0.1) is 0 Å². The molecule has 0 radical (unpaired) electrons. The molecular formula is C20H47N. The highest BCUT2D eigenvalue weighted by atomic mass is 15.2. The maximum absolute atomic E-state index is 2.62. The molecule has 0 aliphatic rings. The van der Waals surface area contributed by atoms with Gasteiger partial charge < -0.3 is 0 Å². The van der Waals surface area contributed by atoms with Crippen LogP contribution < -0.4 is 0 Å². The molecule has 0 atom stereocenters. The van der Waals surface area contributed by atoms with Crippen LogP contribution in [-0.2, 0) is 0 Å². The number of hydrogen-bond donors (Lipinski definition) is 0. The van der Waals surface area contributed by atoms with Gasteiger partial charge >= 0.3 is 0 Å². The van der Waals surface area contributed by atoms with E-state index in [1.54, 1.807) is 0 Å². The first-order valence-electron chi connectivity index (χ1n) is 9.45. The largest absolute Gasteiger partial charge is 0.298 e. The fourth-order valence-electron chi connectivity index (χ4n) is 2.57. The Kier molecular flexibility index (Phi) is 18.3. The maximum Gasteiger partial charge on any atom is 0.0158 e. The number of nitrogens with zero attached hydrogens (tertiary/aromatic N) is 1. The third-order valence-electron chi connectivity index (χ3n) is 4.10. The average Bonchev–Trinajstić information content (AvgIpc) is 2.45. The zero-order chi connectivity index (χ0) is 17.5. The van der Waals surface area contributed by atoms with Crippen LogP contribution in [0.2, 0.25) is 0 Å². The Morgan fingerprint density at radius 1 is 0.714 bits per heavy atom. The van der Waals surface area contributed by atoms with Crippen molar-refractivity contribution < 1.29 is 0 Å². The van der Waals surface area contributed by atoms with Crippen molar-refractivity contribution in [1.82, 2.24) is 4.90 Å². The Hall–Kier alpha value is -0.0400. The lowest BCUT2D eigenvalue weighted by Gasteiger charge is -2.43. The van der Waals surface area contributed by atoms with E-state index < -0.39 is 0 Å². The standard InChI is InChI=1S/C14H31N.C4H10.C2H6/c1-8-11-15(10-3)14(6,7)12-13(4,5)9-2;1-3-4-2;1-2/h8-12H2,1-7H3;3-4H2,1-2H3;1-2H3. The average molecular weight is 302 g/mol. The summed E-state index contributed by atoms with van der Waals surface area (Å²) >= 11 is 0. The van der Waals surface area contributed by atoms with Crippen LogP contribution in [0.1, 0.15) is 108 Å². The van der Waals surface area contributed by atoms with Crippen LogP contribution in [0.5, 0.6) is 0 Å². The molecule has 0 N–H and O–H groups in total. The summed E-state index contributed by atoms with van der Waals surface area (Å²) in [6, 6.07) is 0. The first-order valence-corrected chi connectivity index (χ1v) is 9.45. The molecule has 132 valence electrons. The van der Waals surface area contributed by atoms with Gasteiger partial charge in [-0.25, -0.2) is 0 Å². The number of hydrogen-bond acceptors (Lipinski definition) is 1. The number of unbranched alkanes of at least 4 members (excludes halogenated alkanes) is 1. The summed E-state index contributed by atoms with van der Waals surface area (Å²) in [5.41, 5.74) is 0.801. The van der Waals surface area contributed by atoms with Gasteiger partial charge in [0.1, 0.15) is 0 Å². The van der Waals surface area contributed by atoms with Gasteiger partial charge in [0, 0.05) is 5.54 Å². The molecule has 21 heavy (non-hydrogen) atoms. The Labute approximate surface area is 137 Å². The van der Waals surface area contributed by atoms with Gasteiger partial charge in [-0.05, 0) is 45.2 Å². The van der Waals surface area contributed by atoms with Crippen molar-refractivity contribution in [2.24, 2.45) is 5.41 Å². The van der Waals surface area contributed by atoms with Crippen molar-refractivity contribution in [1.29, 1.82) is 0 Å². The van der Waals surface area contributed by atoms with Gasteiger partial charge in [0.15, 0.2) is 0 Å². The summed E-state index contributed by atoms with van der Waals surface area (Å²) in [6.07, 6.45) is 6.44. The minimum absolute atomic E-state index is 0.338. The van der Waals surface area contributed by atoms with E-state index in [-0.39, 0.29) is 0 Å². The topological polar surface area (TPSA) is 3.24 Å². The summed E-state index contributed by atoms with van der Waals surface area (Å²) in [6.45, 7) is 27.1. The predicted octanol–water partition coefficient (Wildman–Crippen LogP) is 7.16. The van der Waals surface area contributed by atoms with Crippen LogP contribution in [0, 0.1) is 5.41 Å². The van der Waals surface area contributed by atoms with Crippen LogP contribution in [0.3, 0.4) is 0 Å². The molecule has 0 fully saturated rings. The van der Waals surface area contributed by atoms with E-state index in [0.29, 0.717) is 11.0 Å². The second-order valence-electron chi connectivity index (χ2n) is 7.09. The van der Waals surface area contributed by atoms with Crippen LogP contribution >= 0.6 is 0 Å². The maximum atomic E-state index is 2.62. The molecule has 0 aromatic heterocycles. The van der Waals surface area contributed by atoms with Crippen LogP contribution in [0.25, 0.3) is 0 Å². The lowest BCUT2D eigenvalue weighted by atomic mass is 9.77. The van der Waals surface area contributed by atoms with E-state index in [1.165, 1.54) is 45.2 Å². The molecule has 0 aromatic rings. The molecular weight excluding hydrogens is 254 g/mol. The van der Waals surface area contributed by atoms with Gasteiger partial charge in [-0.3, -0.25) is 4.90 Å². The summed E-state index contributed by atoms with van der Waals surface area (Å²) in [7, 11) is 0. The third kappa shape index (κ3) is 14.7. The second kappa shape index (κ2) is 14.9. The molecule has 0 bridgehead atoms. The quantitative estimate of drug-likeness (QED) is 0.460. The first-order chi connectivity index (χ1) is 9.70. The van der Waals surface area contributed by atoms with Crippen LogP contribution in [0.15, 0.2) is 0 Å². The van der Waals surface area contributed by atoms with Gasteiger partial charge in [-0.1, -0.05) is 81.6 Å². The lowest BCUT2D eigenvalue weighted by molar-refractivity contribution is 0.0750. The molecule has 0 amide bonds. The van der Waals surface area contributed by atoms with Crippen molar-refractivity contribution in [3.63, 3.8) is 0 Å². The van der Waals surface area contributed by atoms with Crippen molar-refractivity contribution >= 4 is 0 Å². The van der Waals surface area contributed by atoms with E-state index >= 15 is 0 Å². The molecule has 1 heteroatoms. The molecule has 1 nitrogen and oxygen atoms in total. The molecule has 0 unspecified atom stereocenters. The fourth-order valence-corrected chi connectivity index (χ4v) is 2.57. The van der Waals surface area contributed by atoms with Crippen LogP contribution in [0.4, 0.5) is 0 Å². The van der Waals surface area contributed by atoms with Crippen LogP contribution in [-0.4, -0.2) is 23.5 Å². The zero-order valence-corrected chi connectivity index (χ0v) is 17.4. The van der Waals surface area contributed by atoms with Gasteiger partial charge in [-0.2, -0.15) is 0 Å². The highest BCUT2D eigenvalue weighted by molar-refractivity contribution is 4.86. The monoisotopic (exact) mass is 301 g/mol. The SMILES string of the molecule is CC.CCCC.CCCN(CC)C(C)(C)CC(C)(C)CC. The molecule has 0 saturated heterocycles. The molecule has 0 aliphatic heterocycles. The molecule has 0 rings (SSSR count). The normalized spacial score (nSPS) is 11.4. The summed E-state index contributed by atoms with van der Waals surface area (Å²) < 4.78 is 0. The van der Waals surface area contributed by atoms with E-state index in [9.17, 15) is 0 Å². The van der Waals surface area contributed by atoms with Gasteiger partial charge in [0.25, 0.3) is 0 Å². The highest BCUT2D eigenvalue weighted by Gasteiger charge is 2.31. The molecule has 0 saturated carbocycles. The fraction of sp³-hybridized carbons (Fsp3) is 1.00. The van der Waals surface area contributed by atoms with Crippen molar-refractivity contribution in [3.8, 4) is 0 Å². The first kappa shape index (κ1) is 25.9. The molecule has 0 heterocycles. The highest BCUT2D eigenvalue weighted by Crippen LogP contribution is 2.34. The van der Waals surface area contributed by atoms with Gasteiger partial charge in [-0.15, -0.1) is 0 Å². The minimum atomic E-state index is 0.338. The smallest absolute Gasteiger partial charge is 0.0158 e. The minimum Gasteiger partial charge on any atom is -0.298 e. The van der Waals surface area contributed by atoms with E-state index in [1.807, 2.05) is 13.8 Å². The molecule has 0 aliphatic carbocycles. The second-order valence-corrected chi connectivity index (χ2v) is 7.09. The zero-order valence-electron chi connectivity index (χ0n) is 17.4. The number of rotatable bonds is 8.